The van der Waals surface area contributed by atoms with E-state index in [-0.39, 0.29) is 11.6 Å². The Hall–Kier alpha value is -2.04. The summed E-state index contributed by atoms with van der Waals surface area (Å²) in [6.45, 7) is 3.45. The molecule has 0 saturated heterocycles. The van der Waals surface area contributed by atoms with Crippen molar-refractivity contribution < 1.29 is 9.13 Å². The Morgan fingerprint density at radius 3 is 2.89 bits per heavy atom. The molecule has 1 N–H and O–H groups in total. The summed E-state index contributed by atoms with van der Waals surface area (Å²) >= 11 is 0. The quantitative estimate of drug-likeness (QED) is 0.884. The van der Waals surface area contributed by atoms with Crippen molar-refractivity contribution in [1.82, 2.24) is 9.55 Å². The van der Waals surface area contributed by atoms with E-state index in [1.54, 1.807) is 18.3 Å². The van der Waals surface area contributed by atoms with Crippen LogP contribution in [0.4, 0.5) is 10.1 Å². The fourth-order valence-electron chi connectivity index (χ4n) is 1.74. The molecule has 1 heterocycles. The summed E-state index contributed by atoms with van der Waals surface area (Å²) in [6.07, 6.45) is 3.69. The standard InChI is InChI=1S/C13H16FN3O/c1-10-15-5-7-17(10)8-6-16-11-3-4-13(18-2)12(14)9-11/h3-5,7,9,16H,6,8H2,1-2H3. The van der Waals surface area contributed by atoms with Crippen LogP contribution < -0.4 is 10.1 Å². The van der Waals surface area contributed by atoms with Gasteiger partial charge in [0.25, 0.3) is 0 Å². The van der Waals surface area contributed by atoms with Gasteiger partial charge in [-0.3, -0.25) is 0 Å². The predicted molar refractivity (Wildman–Crippen MR) is 68.4 cm³/mol. The summed E-state index contributed by atoms with van der Waals surface area (Å²) < 4.78 is 20.3. The largest absolute Gasteiger partial charge is 0.494 e. The van der Waals surface area contributed by atoms with Gasteiger partial charge in [-0.05, 0) is 19.1 Å². The van der Waals surface area contributed by atoms with Crippen LogP contribution in [-0.4, -0.2) is 23.2 Å². The normalized spacial score (nSPS) is 10.4. The fraction of sp³-hybridized carbons (Fsp3) is 0.308. The van der Waals surface area contributed by atoms with Crippen LogP contribution >= 0.6 is 0 Å². The molecule has 0 amide bonds. The highest BCUT2D eigenvalue weighted by molar-refractivity contribution is 5.47. The molecule has 2 rings (SSSR count). The van der Waals surface area contributed by atoms with Crippen LogP contribution in [0.2, 0.25) is 0 Å². The van der Waals surface area contributed by atoms with E-state index in [1.807, 2.05) is 17.7 Å². The molecule has 1 aromatic carbocycles. The van der Waals surface area contributed by atoms with Crippen molar-refractivity contribution in [3.05, 3.63) is 42.2 Å². The molecule has 0 radical (unpaired) electrons. The van der Waals surface area contributed by atoms with E-state index in [9.17, 15) is 4.39 Å². The van der Waals surface area contributed by atoms with Crippen LogP contribution in [0, 0.1) is 12.7 Å². The Morgan fingerprint density at radius 1 is 1.44 bits per heavy atom. The summed E-state index contributed by atoms with van der Waals surface area (Å²) in [4.78, 5) is 4.14. The summed E-state index contributed by atoms with van der Waals surface area (Å²) in [6, 6.07) is 4.84. The molecule has 4 nitrogen and oxygen atoms in total. The van der Waals surface area contributed by atoms with Crippen LogP contribution in [-0.2, 0) is 6.54 Å². The van der Waals surface area contributed by atoms with Gasteiger partial charge in [-0.25, -0.2) is 9.37 Å². The topological polar surface area (TPSA) is 39.1 Å². The maximum Gasteiger partial charge on any atom is 0.167 e. The van der Waals surface area contributed by atoms with Gasteiger partial charge in [0.1, 0.15) is 5.82 Å². The summed E-state index contributed by atoms with van der Waals surface area (Å²) in [5.41, 5.74) is 0.742. The van der Waals surface area contributed by atoms with Crippen LogP contribution in [0.25, 0.3) is 0 Å². The second-order valence-corrected chi connectivity index (χ2v) is 3.94. The molecule has 0 spiro atoms. The smallest absolute Gasteiger partial charge is 0.167 e. The van der Waals surface area contributed by atoms with Gasteiger partial charge in [0.2, 0.25) is 0 Å². The third-order valence-corrected chi connectivity index (χ3v) is 2.76. The average molecular weight is 249 g/mol. The second-order valence-electron chi connectivity index (χ2n) is 3.94. The number of anilines is 1. The fourth-order valence-corrected chi connectivity index (χ4v) is 1.74. The van der Waals surface area contributed by atoms with E-state index in [1.165, 1.54) is 13.2 Å². The average Bonchev–Trinajstić information content (AvgIpc) is 2.75. The molecular weight excluding hydrogens is 233 g/mol. The molecule has 0 aliphatic rings. The molecule has 0 bridgehead atoms. The number of hydrogen-bond donors (Lipinski definition) is 1. The maximum absolute atomic E-state index is 13.4. The first-order chi connectivity index (χ1) is 8.70. The number of rotatable bonds is 5. The van der Waals surface area contributed by atoms with Gasteiger partial charge in [0.05, 0.1) is 7.11 Å². The van der Waals surface area contributed by atoms with Crippen molar-refractivity contribution in [2.75, 3.05) is 19.0 Å². The molecule has 0 unspecified atom stereocenters. The first-order valence-corrected chi connectivity index (χ1v) is 5.76. The molecule has 0 aliphatic heterocycles. The Bertz CT molecular complexity index is 525. The second kappa shape index (κ2) is 5.53. The number of aromatic nitrogens is 2. The highest BCUT2D eigenvalue weighted by Crippen LogP contribution is 2.20. The number of nitrogens with one attached hydrogen (secondary N) is 1. The molecule has 18 heavy (non-hydrogen) atoms. The monoisotopic (exact) mass is 249 g/mol. The minimum atomic E-state index is -0.360. The Kier molecular flexibility index (Phi) is 3.82. The lowest BCUT2D eigenvalue weighted by Gasteiger charge is -2.09. The van der Waals surface area contributed by atoms with Crippen molar-refractivity contribution in [2.45, 2.75) is 13.5 Å². The van der Waals surface area contributed by atoms with Crippen LogP contribution in [0.1, 0.15) is 5.82 Å². The van der Waals surface area contributed by atoms with Crippen molar-refractivity contribution >= 4 is 5.69 Å². The van der Waals surface area contributed by atoms with E-state index in [0.717, 1.165) is 18.1 Å². The molecule has 0 aliphatic carbocycles. The van der Waals surface area contributed by atoms with Gasteiger partial charge in [0, 0.05) is 37.2 Å². The van der Waals surface area contributed by atoms with Crippen LogP contribution in [0.3, 0.4) is 0 Å². The number of halogens is 1. The lowest BCUT2D eigenvalue weighted by molar-refractivity contribution is 0.386. The molecule has 0 saturated carbocycles. The number of imidazole rings is 1. The van der Waals surface area contributed by atoms with Crippen molar-refractivity contribution in [1.29, 1.82) is 0 Å². The van der Waals surface area contributed by atoms with Gasteiger partial charge in [-0.15, -0.1) is 0 Å². The van der Waals surface area contributed by atoms with Crippen molar-refractivity contribution in [2.24, 2.45) is 0 Å². The lowest BCUT2D eigenvalue weighted by atomic mass is 10.3. The Balaban J connectivity index is 1.91. The highest BCUT2D eigenvalue weighted by Gasteiger charge is 2.03. The van der Waals surface area contributed by atoms with Crippen LogP contribution in [0.15, 0.2) is 30.6 Å². The molecule has 1 aromatic heterocycles. The summed E-state index contributed by atoms with van der Waals surface area (Å²) in [5, 5.41) is 3.16. The number of aryl methyl sites for hydroxylation is 1. The third kappa shape index (κ3) is 2.80. The lowest BCUT2D eigenvalue weighted by Crippen LogP contribution is -2.11. The minimum Gasteiger partial charge on any atom is -0.494 e. The first-order valence-electron chi connectivity index (χ1n) is 5.76. The van der Waals surface area contributed by atoms with Crippen LogP contribution in [0.5, 0.6) is 5.75 Å². The SMILES string of the molecule is COc1ccc(NCCn2ccnc2C)cc1F. The van der Waals surface area contributed by atoms with Crippen molar-refractivity contribution in [3.63, 3.8) is 0 Å². The van der Waals surface area contributed by atoms with Crippen molar-refractivity contribution in [3.8, 4) is 5.75 Å². The van der Waals surface area contributed by atoms with Gasteiger partial charge >= 0.3 is 0 Å². The maximum atomic E-state index is 13.4. The van der Waals surface area contributed by atoms with E-state index < -0.39 is 0 Å². The molecule has 2 aromatic rings. The van der Waals surface area contributed by atoms with E-state index in [4.69, 9.17) is 4.74 Å². The van der Waals surface area contributed by atoms with Gasteiger partial charge < -0.3 is 14.6 Å². The molecule has 96 valence electrons. The minimum absolute atomic E-state index is 0.256. The molecule has 5 heteroatoms. The number of hydrogen-bond acceptors (Lipinski definition) is 3. The van der Waals surface area contributed by atoms with E-state index in [0.29, 0.717) is 6.54 Å². The summed E-state index contributed by atoms with van der Waals surface area (Å²) in [7, 11) is 1.45. The Labute approximate surface area is 105 Å². The first kappa shape index (κ1) is 12.4. The van der Waals surface area contributed by atoms with E-state index in [2.05, 4.69) is 10.3 Å². The zero-order chi connectivity index (χ0) is 13.0. The zero-order valence-electron chi connectivity index (χ0n) is 10.5. The Morgan fingerprint density at radius 2 is 2.28 bits per heavy atom. The van der Waals surface area contributed by atoms with E-state index >= 15 is 0 Å². The number of benzene rings is 1. The molecular formula is C13H16FN3O. The van der Waals surface area contributed by atoms with Gasteiger partial charge in [-0.2, -0.15) is 0 Å². The molecule has 0 atom stereocenters. The van der Waals surface area contributed by atoms with Gasteiger partial charge in [-0.1, -0.05) is 0 Å². The molecule has 0 fully saturated rings. The summed E-state index contributed by atoms with van der Waals surface area (Å²) in [5.74, 6) is 0.866. The van der Waals surface area contributed by atoms with Gasteiger partial charge in [0.15, 0.2) is 11.6 Å². The predicted octanol–water partition coefficient (Wildman–Crippen LogP) is 2.45. The third-order valence-electron chi connectivity index (χ3n) is 2.76. The zero-order valence-corrected chi connectivity index (χ0v) is 10.5. The number of methoxy groups -OCH3 is 1. The number of ether oxygens (including phenoxy) is 1. The highest BCUT2D eigenvalue weighted by atomic mass is 19.1. The number of nitrogens with zero attached hydrogens (tertiary/aromatic N) is 2.